The minimum atomic E-state index is -0.251. The summed E-state index contributed by atoms with van der Waals surface area (Å²) in [6, 6.07) is 14.0. The van der Waals surface area contributed by atoms with E-state index >= 15 is 0 Å². The van der Waals surface area contributed by atoms with Crippen LogP contribution in [-0.4, -0.2) is 11.3 Å². The molecule has 2 aromatic carbocycles. The van der Waals surface area contributed by atoms with Crippen molar-refractivity contribution in [2.24, 2.45) is 5.10 Å². The van der Waals surface area contributed by atoms with E-state index in [9.17, 15) is 4.39 Å². The highest BCUT2D eigenvalue weighted by molar-refractivity contribution is 9.10. The molecule has 2 N–H and O–H groups in total. The number of benzene rings is 2. The molecule has 0 fully saturated rings. The molecule has 0 saturated carbocycles. The molecule has 0 aliphatic rings. The monoisotopic (exact) mass is 365 g/mol. The van der Waals surface area contributed by atoms with Crippen LogP contribution in [0, 0.1) is 5.82 Å². The SMILES string of the molecule is Fc1ccc(CNC(=S)N/N=C\c2ccc(Br)cc2)cc1. The molecular formula is C15H13BrFN3S. The molecule has 0 aliphatic carbocycles. The van der Waals surface area contributed by atoms with Crippen LogP contribution in [-0.2, 0) is 6.54 Å². The molecule has 0 unspecified atom stereocenters. The second kappa shape index (κ2) is 7.85. The number of hydrogen-bond acceptors (Lipinski definition) is 2. The van der Waals surface area contributed by atoms with E-state index in [2.05, 4.69) is 31.8 Å². The number of nitrogens with one attached hydrogen (secondary N) is 2. The van der Waals surface area contributed by atoms with Crippen LogP contribution < -0.4 is 10.7 Å². The third-order valence-electron chi connectivity index (χ3n) is 2.62. The number of rotatable bonds is 4. The third kappa shape index (κ3) is 5.61. The van der Waals surface area contributed by atoms with Crippen LogP contribution in [0.4, 0.5) is 4.39 Å². The highest BCUT2D eigenvalue weighted by Gasteiger charge is 1.96. The smallest absolute Gasteiger partial charge is 0.187 e. The maximum absolute atomic E-state index is 12.8. The van der Waals surface area contributed by atoms with E-state index in [1.807, 2.05) is 24.3 Å². The average Bonchev–Trinajstić information content (AvgIpc) is 2.49. The summed E-state index contributed by atoms with van der Waals surface area (Å²) in [5, 5.41) is 7.44. The maximum atomic E-state index is 12.8. The van der Waals surface area contributed by atoms with Gasteiger partial charge in [0, 0.05) is 11.0 Å². The van der Waals surface area contributed by atoms with Gasteiger partial charge in [0.15, 0.2) is 5.11 Å². The zero-order valence-electron chi connectivity index (χ0n) is 11.0. The molecule has 0 radical (unpaired) electrons. The molecule has 0 atom stereocenters. The minimum absolute atomic E-state index is 0.251. The minimum Gasteiger partial charge on any atom is -0.357 e. The first-order valence-corrected chi connectivity index (χ1v) is 7.40. The average molecular weight is 366 g/mol. The number of hydrazone groups is 1. The van der Waals surface area contributed by atoms with Gasteiger partial charge in [-0.05, 0) is 47.6 Å². The molecule has 108 valence electrons. The lowest BCUT2D eigenvalue weighted by atomic mass is 10.2. The van der Waals surface area contributed by atoms with Crippen LogP contribution in [0.15, 0.2) is 58.1 Å². The molecule has 0 bridgehead atoms. The molecule has 2 aromatic rings. The Hall–Kier alpha value is -1.79. The zero-order valence-corrected chi connectivity index (χ0v) is 13.4. The van der Waals surface area contributed by atoms with Crippen molar-refractivity contribution in [1.82, 2.24) is 10.7 Å². The highest BCUT2D eigenvalue weighted by Crippen LogP contribution is 2.08. The van der Waals surface area contributed by atoms with E-state index in [0.717, 1.165) is 15.6 Å². The Labute approximate surface area is 136 Å². The van der Waals surface area contributed by atoms with Crippen molar-refractivity contribution in [3.05, 3.63) is 69.9 Å². The Morgan fingerprint density at radius 3 is 2.48 bits per heavy atom. The summed E-state index contributed by atoms with van der Waals surface area (Å²) in [4.78, 5) is 0. The van der Waals surface area contributed by atoms with Gasteiger partial charge in [-0.1, -0.05) is 40.2 Å². The number of thiocarbonyl (C=S) groups is 1. The molecule has 0 spiro atoms. The van der Waals surface area contributed by atoms with Gasteiger partial charge < -0.3 is 5.32 Å². The first-order chi connectivity index (χ1) is 10.1. The fourth-order valence-corrected chi connectivity index (χ4v) is 1.93. The Bertz CT molecular complexity index is 626. The Balaban J connectivity index is 1.77. The van der Waals surface area contributed by atoms with Gasteiger partial charge in [0.25, 0.3) is 0 Å². The summed E-state index contributed by atoms with van der Waals surface area (Å²) >= 11 is 8.47. The predicted molar refractivity (Wildman–Crippen MR) is 90.7 cm³/mol. The molecule has 2 rings (SSSR count). The van der Waals surface area contributed by atoms with E-state index in [1.165, 1.54) is 12.1 Å². The van der Waals surface area contributed by atoms with Crippen molar-refractivity contribution in [2.75, 3.05) is 0 Å². The van der Waals surface area contributed by atoms with E-state index in [4.69, 9.17) is 12.2 Å². The summed E-state index contributed by atoms with van der Waals surface area (Å²) in [6.07, 6.45) is 1.68. The Morgan fingerprint density at radius 1 is 1.14 bits per heavy atom. The molecular weight excluding hydrogens is 353 g/mol. The molecule has 6 heteroatoms. The van der Waals surface area contributed by atoms with Gasteiger partial charge in [-0.3, -0.25) is 5.43 Å². The molecule has 0 amide bonds. The van der Waals surface area contributed by atoms with Crippen molar-refractivity contribution in [3.8, 4) is 0 Å². The Morgan fingerprint density at radius 2 is 1.81 bits per heavy atom. The standard InChI is InChI=1S/C15H13BrFN3S/c16-13-5-1-12(2-6-13)10-19-20-15(21)18-9-11-3-7-14(17)8-4-11/h1-8,10H,9H2,(H2,18,20,21)/b19-10-. The van der Waals surface area contributed by atoms with Gasteiger partial charge in [0.2, 0.25) is 0 Å². The highest BCUT2D eigenvalue weighted by atomic mass is 79.9. The van der Waals surface area contributed by atoms with Crippen LogP contribution in [0.5, 0.6) is 0 Å². The predicted octanol–water partition coefficient (Wildman–Crippen LogP) is 3.59. The first kappa shape index (κ1) is 15.6. The van der Waals surface area contributed by atoms with Crippen molar-refractivity contribution in [3.63, 3.8) is 0 Å². The largest absolute Gasteiger partial charge is 0.357 e. The van der Waals surface area contributed by atoms with Gasteiger partial charge in [-0.15, -0.1) is 0 Å². The van der Waals surface area contributed by atoms with Gasteiger partial charge >= 0.3 is 0 Å². The van der Waals surface area contributed by atoms with Gasteiger partial charge in [0.05, 0.1) is 6.21 Å². The van der Waals surface area contributed by atoms with Crippen LogP contribution in [0.1, 0.15) is 11.1 Å². The lowest BCUT2D eigenvalue weighted by molar-refractivity contribution is 0.626. The van der Waals surface area contributed by atoms with Gasteiger partial charge in [0.1, 0.15) is 5.82 Å². The number of halogens is 2. The normalized spacial score (nSPS) is 10.6. The summed E-state index contributed by atoms with van der Waals surface area (Å²) in [5.74, 6) is -0.251. The zero-order chi connectivity index (χ0) is 15.1. The second-order valence-electron chi connectivity index (χ2n) is 4.23. The summed E-state index contributed by atoms with van der Waals surface area (Å²) in [6.45, 7) is 0.514. The molecule has 21 heavy (non-hydrogen) atoms. The summed E-state index contributed by atoms with van der Waals surface area (Å²) in [7, 11) is 0. The van der Waals surface area contributed by atoms with E-state index in [-0.39, 0.29) is 5.82 Å². The quantitative estimate of drug-likeness (QED) is 0.493. The van der Waals surface area contributed by atoms with Crippen molar-refractivity contribution in [2.45, 2.75) is 6.54 Å². The number of nitrogens with zero attached hydrogens (tertiary/aromatic N) is 1. The molecule has 0 aliphatic heterocycles. The molecule has 3 nitrogen and oxygen atoms in total. The fourth-order valence-electron chi connectivity index (χ4n) is 1.54. The van der Waals surface area contributed by atoms with E-state index < -0.39 is 0 Å². The Kier molecular flexibility index (Phi) is 5.83. The third-order valence-corrected chi connectivity index (χ3v) is 3.38. The van der Waals surface area contributed by atoms with Crippen LogP contribution in [0.3, 0.4) is 0 Å². The lowest BCUT2D eigenvalue weighted by Gasteiger charge is -2.06. The van der Waals surface area contributed by atoms with Crippen LogP contribution in [0.25, 0.3) is 0 Å². The van der Waals surface area contributed by atoms with Crippen molar-refractivity contribution in [1.29, 1.82) is 0 Å². The molecule has 0 saturated heterocycles. The van der Waals surface area contributed by atoms with Gasteiger partial charge in [-0.2, -0.15) is 5.10 Å². The lowest BCUT2D eigenvalue weighted by Crippen LogP contribution is -2.31. The van der Waals surface area contributed by atoms with Crippen LogP contribution in [0.2, 0.25) is 0 Å². The van der Waals surface area contributed by atoms with Crippen LogP contribution >= 0.6 is 28.1 Å². The second-order valence-corrected chi connectivity index (χ2v) is 5.55. The van der Waals surface area contributed by atoms with Gasteiger partial charge in [-0.25, -0.2) is 4.39 Å². The van der Waals surface area contributed by atoms with Crippen molar-refractivity contribution >= 4 is 39.5 Å². The molecule has 0 heterocycles. The van der Waals surface area contributed by atoms with Crippen molar-refractivity contribution < 1.29 is 4.39 Å². The fraction of sp³-hybridized carbons (Fsp3) is 0.0667. The van der Waals surface area contributed by atoms with E-state index in [0.29, 0.717) is 11.7 Å². The first-order valence-electron chi connectivity index (χ1n) is 6.20. The summed E-state index contributed by atoms with van der Waals surface area (Å²) in [5.41, 5.74) is 4.64. The maximum Gasteiger partial charge on any atom is 0.187 e. The summed E-state index contributed by atoms with van der Waals surface area (Å²) < 4.78 is 13.8. The number of hydrogen-bond donors (Lipinski definition) is 2. The van der Waals surface area contributed by atoms with E-state index in [1.54, 1.807) is 18.3 Å². The topological polar surface area (TPSA) is 36.4 Å². The molecule has 0 aromatic heterocycles.